The molecule has 0 bridgehead atoms. The van der Waals surface area contributed by atoms with E-state index in [0.717, 1.165) is 12.8 Å². The molecule has 1 aromatic rings. The molecule has 1 aromatic carbocycles. The first kappa shape index (κ1) is 15.2. The SMILES string of the molecule is CCOC(=O)/C(N=NC1CC1)=C(\O)Cc1ccc(F)cc1. The van der Waals surface area contributed by atoms with Gasteiger partial charge in [0.15, 0.2) is 0 Å². The van der Waals surface area contributed by atoms with Gasteiger partial charge in [-0.25, -0.2) is 9.18 Å². The summed E-state index contributed by atoms with van der Waals surface area (Å²) in [6.45, 7) is 1.86. The molecule has 0 radical (unpaired) electrons. The minimum absolute atomic E-state index is 0.0676. The van der Waals surface area contributed by atoms with Crippen molar-refractivity contribution in [1.82, 2.24) is 0 Å². The smallest absolute Gasteiger partial charge is 0.362 e. The van der Waals surface area contributed by atoms with Crippen LogP contribution in [0.4, 0.5) is 4.39 Å². The minimum Gasteiger partial charge on any atom is -0.509 e. The van der Waals surface area contributed by atoms with Crippen molar-refractivity contribution in [2.24, 2.45) is 10.2 Å². The van der Waals surface area contributed by atoms with E-state index in [1.807, 2.05) is 0 Å². The van der Waals surface area contributed by atoms with Gasteiger partial charge in [-0.2, -0.15) is 5.11 Å². The average Bonchev–Trinajstić information content (AvgIpc) is 3.26. The second-order valence-electron chi connectivity index (χ2n) is 4.77. The van der Waals surface area contributed by atoms with Gasteiger partial charge in [0.05, 0.1) is 12.6 Å². The summed E-state index contributed by atoms with van der Waals surface area (Å²) in [6.07, 6.45) is 1.95. The Balaban J connectivity index is 2.17. The van der Waals surface area contributed by atoms with E-state index >= 15 is 0 Å². The summed E-state index contributed by atoms with van der Waals surface area (Å²) in [5.74, 6) is -1.30. The lowest BCUT2D eigenvalue weighted by Crippen LogP contribution is -2.10. The lowest BCUT2D eigenvalue weighted by molar-refractivity contribution is -0.138. The number of azo groups is 1. The number of nitrogens with zero attached hydrogens (tertiary/aromatic N) is 2. The molecule has 6 heteroatoms. The monoisotopic (exact) mass is 292 g/mol. The number of aliphatic hydroxyl groups excluding tert-OH is 1. The first-order chi connectivity index (χ1) is 10.1. The molecule has 1 aliphatic carbocycles. The van der Waals surface area contributed by atoms with Gasteiger partial charge < -0.3 is 9.84 Å². The summed E-state index contributed by atoms with van der Waals surface area (Å²) in [5.41, 5.74) is 0.477. The molecule has 0 heterocycles. The van der Waals surface area contributed by atoms with Gasteiger partial charge in [-0.05, 0) is 37.5 Å². The van der Waals surface area contributed by atoms with Gasteiger partial charge in [-0.15, -0.1) is 5.11 Å². The number of hydrogen-bond acceptors (Lipinski definition) is 5. The number of allylic oxidation sites excluding steroid dienone is 1. The third-order valence-electron chi connectivity index (χ3n) is 2.89. The fourth-order valence-corrected chi connectivity index (χ4v) is 1.62. The van der Waals surface area contributed by atoms with Crippen LogP contribution in [-0.4, -0.2) is 23.7 Å². The number of ether oxygens (including phenoxy) is 1. The van der Waals surface area contributed by atoms with Crippen molar-refractivity contribution in [3.63, 3.8) is 0 Å². The van der Waals surface area contributed by atoms with Crippen molar-refractivity contribution in [3.8, 4) is 0 Å². The van der Waals surface area contributed by atoms with E-state index in [-0.39, 0.29) is 36.3 Å². The molecule has 1 aliphatic rings. The maximum Gasteiger partial charge on any atom is 0.362 e. The van der Waals surface area contributed by atoms with Crippen LogP contribution in [0.3, 0.4) is 0 Å². The molecule has 0 saturated heterocycles. The molecule has 21 heavy (non-hydrogen) atoms. The molecule has 0 unspecified atom stereocenters. The van der Waals surface area contributed by atoms with E-state index in [1.165, 1.54) is 24.3 Å². The molecule has 0 atom stereocenters. The van der Waals surface area contributed by atoms with Gasteiger partial charge in [-0.1, -0.05) is 12.1 Å². The number of carbonyl (C=O) groups excluding carboxylic acids is 1. The normalized spacial score (nSPS) is 15.9. The summed E-state index contributed by atoms with van der Waals surface area (Å²) >= 11 is 0. The van der Waals surface area contributed by atoms with Gasteiger partial charge in [-0.3, -0.25) is 0 Å². The van der Waals surface area contributed by atoms with E-state index < -0.39 is 5.97 Å². The van der Waals surface area contributed by atoms with Crippen molar-refractivity contribution >= 4 is 5.97 Å². The highest BCUT2D eigenvalue weighted by atomic mass is 19.1. The topological polar surface area (TPSA) is 71.2 Å². The van der Waals surface area contributed by atoms with E-state index in [1.54, 1.807) is 6.92 Å². The number of esters is 1. The molecule has 5 nitrogen and oxygen atoms in total. The van der Waals surface area contributed by atoms with E-state index in [2.05, 4.69) is 10.2 Å². The molecule has 0 spiro atoms. The zero-order valence-corrected chi connectivity index (χ0v) is 11.8. The fraction of sp³-hybridized carbons (Fsp3) is 0.400. The molecule has 0 amide bonds. The largest absolute Gasteiger partial charge is 0.509 e. The van der Waals surface area contributed by atoms with Crippen molar-refractivity contribution in [2.45, 2.75) is 32.2 Å². The number of benzene rings is 1. The van der Waals surface area contributed by atoms with Crippen molar-refractivity contribution < 1.29 is 19.0 Å². The predicted molar refractivity (Wildman–Crippen MR) is 74.3 cm³/mol. The van der Waals surface area contributed by atoms with E-state index in [0.29, 0.717) is 5.56 Å². The van der Waals surface area contributed by atoms with Gasteiger partial charge in [0.25, 0.3) is 0 Å². The molecule has 0 aromatic heterocycles. The maximum atomic E-state index is 12.8. The second kappa shape index (κ2) is 6.97. The third kappa shape index (κ3) is 4.66. The van der Waals surface area contributed by atoms with Crippen molar-refractivity contribution in [3.05, 3.63) is 47.1 Å². The van der Waals surface area contributed by atoms with Crippen LogP contribution in [-0.2, 0) is 16.0 Å². The van der Waals surface area contributed by atoms with Crippen LogP contribution in [0.25, 0.3) is 0 Å². The quantitative estimate of drug-likeness (QED) is 0.378. The minimum atomic E-state index is -0.707. The van der Waals surface area contributed by atoms with Crippen LogP contribution in [0.5, 0.6) is 0 Å². The van der Waals surface area contributed by atoms with Gasteiger partial charge in [0, 0.05) is 6.42 Å². The molecule has 0 aliphatic heterocycles. The summed E-state index contributed by atoms with van der Waals surface area (Å²) in [7, 11) is 0. The van der Waals surface area contributed by atoms with Gasteiger partial charge in [0.1, 0.15) is 11.6 Å². The summed E-state index contributed by atoms with van der Waals surface area (Å²) in [6, 6.07) is 5.78. The maximum absolute atomic E-state index is 12.8. The van der Waals surface area contributed by atoms with Crippen LogP contribution < -0.4 is 0 Å². The molecular formula is C15H17FN2O3. The zero-order valence-electron chi connectivity index (χ0n) is 11.8. The summed E-state index contributed by atoms with van der Waals surface area (Å²) in [4.78, 5) is 11.8. The number of halogens is 1. The van der Waals surface area contributed by atoms with E-state index in [9.17, 15) is 14.3 Å². The molecule has 1 saturated carbocycles. The lowest BCUT2D eigenvalue weighted by atomic mass is 10.1. The number of carbonyl (C=O) groups is 1. The predicted octanol–water partition coefficient (Wildman–Crippen LogP) is 3.32. The Morgan fingerprint density at radius 3 is 2.62 bits per heavy atom. The van der Waals surface area contributed by atoms with Crippen molar-refractivity contribution in [1.29, 1.82) is 0 Å². The second-order valence-corrected chi connectivity index (χ2v) is 4.77. The fourth-order valence-electron chi connectivity index (χ4n) is 1.62. The van der Waals surface area contributed by atoms with Crippen molar-refractivity contribution in [2.75, 3.05) is 6.61 Å². The van der Waals surface area contributed by atoms with Crippen LogP contribution in [0.15, 0.2) is 46.0 Å². The average molecular weight is 292 g/mol. The zero-order chi connectivity index (χ0) is 15.2. The number of rotatable bonds is 6. The third-order valence-corrected chi connectivity index (χ3v) is 2.89. The van der Waals surface area contributed by atoms with Gasteiger partial charge >= 0.3 is 5.97 Å². The Hall–Kier alpha value is -2.24. The molecule has 112 valence electrons. The van der Waals surface area contributed by atoms with Crippen LogP contribution in [0.1, 0.15) is 25.3 Å². The van der Waals surface area contributed by atoms with Crippen LogP contribution in [0.2, 0.25) is 0 Å². The molecule has 2 rings (SSSR count). The first-order valence-corrected chi connectivity index (χ1v) is 6.84. The molecule has 1 fully saturated rings. The highest BCUT2D eigenvalue weighted by molar-refractivity contribution is 5.88. The number of hydrogen-bond donors (Lipinski definition) is 1. The Morgan fingerprint density at radius 1 is 1.38 bits per heavy atom. The first-order valence-electron chi connectivity index (χ1n) is 6.84. The highest BCUT2D eigenvalue weighted by Crippen LogP contribution is 2.25. The Labute approximate surface area is 122 Å². The summed E-state index contributed by atoms with van der Waals surface area (Å²) < 4.78 is 17.7. The van der Waals surface area contributed by atoms with E-state index in [4.69, 9.17) is 4.74 Å². The standard InChI is InChI=1S/C15H17FN2O3/c1-2-21-15(20)14(18-17-12-7-8-12)13(19)9-10-3-5-11(16)6-4-10/h3-6,12,19H,2,7-9H2,1H3/b14-13+,18-17?. The Morgan fingerprint density at radius 2 is 2.05 bits per heavy atom. The molecule has 1 N–H and O–H groups in total. The van der Waals surface area contributed by atoms with Crippen LogP contribution in [0, 0.1) is 5.82 Å². The Kier molecular flexibility index (Phi) is 5.03. The lowest BCUT2D eigenvalue weighted by Gasteiger charge is -2.06. The number of aliphatic hydroxyl groups is 1. The summed E-state index contributed by atoms with van der Waals surface area (Å²) in [5, 5.41) is 17.9. The highest BCUT2D eigenvalue weighted by Gasteiger charge is 2.23. The molecular weight excluding hydrogens is 275 g/mol. The van der Waals surface area contributed by atoms with Gasteiger partial charge in [0.2, 0.25) is 5.70 Å². The van der Waals surface area contributed by atoms with Crippen LogP contribution >= 0.6 is 0 Å². The Bertz CT molecular complexity index is 563.